The summed E-state index contributed by atoms with van der Waals surface area (Å²) in [4.78, 5) is 21.2. The van der Waals surface area contributed by atoms with Crippen molar-refractivity contribution in [3.05, 3.63) is 28.8 Å². The minimum atomic E-state index is -0.793. The number of carbonyl (C=O) groups is 2. The van der Waals surface area contributed by atoms with Crippen LogP contribution < -0.4 is 11.1 Å². The van der Waals surface area contributed by atoms with Crippen LogP contribution in [-0.2, 0) is 4.79 Å². The third-order valence-corrected chi connectivity index (χ3v) is 2.70. The average molecular weight is 271 g/mol. The van der Waals surface area contributed by atoms with Crippen LogP contribution >= 0.6 is 11.6 Å². The Balaban J connectivity index is 2.43. The molecule has 0 aliphatic rings. The number of primary amides is 1. The number of benzene rings is 1. The maximum absolute atomic E-state index is 10.9. The molecule has 0 spiro atoms. The first-order valence-electron chi connectivity index (χ1n) is 5.55. The first-order chi connectivity index (χ1) is 8.50. The van der Waals surface area contributed by atoms with Crippen LogP contribution in [0.1, 0.15) is 29.6 Å². The van der Waals surface area contributed by atoms with Gasteiger partial charge in [0.2, 0.25) is 5.91 Å². The first kappa shape index (κ1) is 14.3. The van der Waals surface area contributed by atoms with E-state index in [4.69, 9.17) is 22.4 Å². The number of hydrogen-bond acceptors (Lipinski definition) is 3. The molecule has 1 rings (SSSR count). The highest BCUT2D eigenvalue weighted by Gasteiger charge is 2.05. The Morgan fingerprint density at radius 3 is 2.61 bits per heavy atom. The van der Waals surface area contributed by atoms with Crippen LogP contribution in [0.3, 0.4) is 0 Å². The fraction of sp³-hybridized carbons (Fsp3) is 0.333. The number of nitrogens with two attached hydrogens (primary N) is 1. The lowest BCUT2D eigenvalue weighted by Gasteiger charge is -2.08. The molecule has 0 aliphatic carbocycles. The molecular formula is C12H15ClN2O3. The predicted octanol–water partition coefficient (Wildman–Crippen LogP) is 2.11. The zero-order valence-electron chi connectivity index (χ0n) is 9.78. The molecule has 0 aliphatic heterocycles. The number of hydrogen-bond donors (Lipinski definition) is 3. The van der Waals surface area contributed by atoms with E-state index in [0.29, 0.717) is 29.2 Å². The van der Waals surface area contributed by atoms with Crippen LogP contribution in [0.25, 0.3) is 0 Å². The van der Waals surface area contributed by atoms with Crippen LogP contribution in [0.5, 0.6) is 0 Å². The van der Waals surface area contributed by atoms with E-state index >= 15 is 0 Å². The molecular weight excluding hydrogens is 256 g/mol. The van der Waals surface area contributed by atoms with E-state index in [0.717, 1.165) is 6.42 Å². The molecule has 4 N–H and O–H groups in total. The summed E-state index contributed by atoms with van der Waals surface area (Å²) in [6.45, 7) is 0.628. The highest BCUT2D eigenvalue weighted by Crippen LogP contribution is 2.22. The number of amides is 1. The van der Waals surface area contributed by atoms with Crippen molar-refractivity contribution >= 4 is 29.2 Å². The molecule has 0 saturated carbocycles. The Morgan fingerprint density at radius 2 is 2.06 bits per heavy atom. The van der Waals surface area contributed by atoms with Crippen LogP contribution in [0, 0.1) is 0 Å². The number of carbonyl (C=O) groups excluding carboxylic acids is 1. The minimum absolute atomic E-state index is 0.163. The van der Waals surface area contributed by atoms with Gasteiger partial charge in [-0.2, -0.15) is 0 Å². The Labute approximate surface area is 110 Å². The van der Waals surface area contributed by atoms with Crippen molar-refractivity contribution in [2.45, 2.75) is 19.3 Å². The number of anilines is 1. The van der Waals surface area contributed by atoms with Gasteiger partial charge in [-0.3, -0.25) is 9.59 Å². The van der Waals surface area contributed by atoms with E-state index in [-0.39, 0.29) is 6.42 Å². The standard InChI is InChI=1S/C12H15ClN2O3/c13-9-7-8(12(14)18)4-5-10(9)15-6-2-1-3-11(16)17/h4-5,7,15H,1-3,6H2,(H2,14,18)(H,16,17). The number of rotatable bonds is 7. The summed E-state index contributed by atoms with van der Waals surface area (Å²) in [5.74, 6) is -1.32. The first-order valence-corrected chi connectivity index (χ1v) is 5.93. The Kier molecular flexibility index (Phi) is 5.45. The summed E-state index contributed by atoms with van der Waals surface area (Å²) in [6, 6.07) is 4.77. The second-order valence-electron chi connectivity index (χ2n) is 3.84. The number of unbranched alkanes of at least 4 members (excludes halogenated alkanes) is 1. The highest BCUT2D eigenvalue weighted by atomic mass is 35.5. The van der Waals surface area contributed by atoms with Gasteiger partial charge in [0.1, 0.15) is 0 Å². The van der Waals surface area contributed by atoms with Crippen molar-refractivity contribution in [1.29, 1.82) is 0 Å². The van der Waals surface area contributed by atoms with E-state index in [9.17, 15) is 9.59 Å². The maximum atomic E-state index is 10.9. The minimum Gasteiger partial charge on any atom is -0.481 e. The van der Waals surface area contributed by atoms with Gasteiger partial charge in [-0.1, -0.05) is 11.6 Å². The van der Waals surface area contributed by atoms with Crippen molar-refractivity contribution < 1.29 is 14.7 Å². The predicted molar refractivity (Wildman–Crippen MR) is 69.9 cm³/mol. The molecule has 0 bridgehead atoms. The molecule has 0 aromatic heterocycles. The lowest BCUT2D eigenvalue weighted by molar-refractivity contribution is -0.137. The lowest BCUT2D eigenvalue weighted by atomic mass is 10.2. The number of carboxylic acids is 1. The van der Waals surface area contributed by atoms with Gasteiger partial charge in [0, 0.05) is 18.5 Å². The topological polar surface area (TPSA) is 92.4 Å². The molecule has 1 amide bonds. The van der Waals surface area contributed by atoms with Crippen molar-refractivity contribution in [3.8, 4) is 0 Å². The van der Waals surface area contributed by atoms with Gasteiger partial charge in [-0.25, -0.2) is 0 Å². The number of nitrogens with one attached hydrogen (secondary N) is 1. The van der Waals surface area contributed by atoms with Gasteiger partial charge in [-0.05, 0) is 31.0 Å². The van der Waals surface area contributed by atoms with E-state index in [1.807, 2.05) is 0 Å². The number of carboxylic acid groups (broad SMARTS) is 1. The van der Waals surface area contributed by atoms with Crippen molar-refractivity contribution in [2.75, 3.05) is 11.9 Å². The molecule has 0 heterocycles. The summed E-state index contributed by atoms with van der Waals surface area (Å²) in [7, 11) is 0. The molecule has 0 radical (unpaired) electrons. The molecule has 5 nitrogen and oxygen atoms in total. The van der Waals surface area contributed by atoms with E-state index in [2.05, 4.69) is 5.32 Å². The summed E-state index contributed by atoms with van der Waals surface area (Å²) in [6.07, 6.45) is 1.51. The fourth-order valence-electron chi connectivity index (χ4n) is 1.44. The van der Waals surface area contributed by atoms with E-state index < -0.39 is 11.9 Å². The molecule has 6 heteroatoms. The van der Waals surface area contributed by atoms with Crippen LogP contribution in [0.4, 0.5) is 5.69 Å². The van der Waals surface area contributed by atoms with Crippen LogP contribution in [0.15, 0.2) is 18.2 Å². The van der Waals surface area contributed by atoms with Gasteiger partial charge in [0.15, 0.2) is 0 Å². The second-order valence-corrected chi connectivity index (χ2v) is 4.24. The molecule has 0 fully saturated rings. The number of aliphatic carboxylic acids is 1. The zero-order chi connectivity index (χ0) is 13.5. The van der Waals surface area contributed by atoms with Gasteiger partial charge < -0.3 is 16.2 Å². The second kappa shape index (κ2) is 6.86. The fourth-order valence-corrected chi connectivity index (χ4v) is 1.68. The van der Waals surface area contributed by atoms with Crippen molar-refractivity contribution in [2.24, 2.45) is 5.73 Å². The lowest BCUT2D eigenvalue weighted by Crippen LogP contribution is -2.11. The SMILES string of the molecule is NC(=O)c1ccc(NCCCCC(=O)O)c(Cl)c1. The van der Waals surface area contributed by atoms with Crippen LogP contribution in [-0.4, -0.2) is 23.5 Å². The van der Waals surface area contributed by atoms with E-state index in [1.165, 1.54) is 6.07 Å². The summed E-state index contributed by atoms with van der Waals surface area (Å²) >= 11 is 5.97. The highest BCUT2D eigenvalue weighted by molar-refractivity contribution is 6.33. The molecule has 98 valence electrons. The van der Waals surface area contributed by atoms with Gasteiger partial charge >= 0.3 is 5.97 Å². The van der Waals surface area contributed by atoms with Crippen LogP contribution in [0.2, 0.25) is 5.02 Å². The normalized spacial score (nSPS) is 10.1. The molecule has 1 aromatic rings. The third kappa shape index (κ3) is 4.63. The smallest absolute Gasteiger partial charge is 0.303 e. The number of halogens is 1. The summed E-state index contributed by atoms with van der Waals surface area (Å²) in [5, 5.41) is 12.0. The Bertz CT molecular complexity index is 449. The Hall–Kier alpha value is -1.75. The Morgan fingerprint density at radius 1 is 1.33 bits per heavy atom. The summed E-state index contributed by atoms with van der Waals surface area (Å²) < 4.78 is 0. The molecule has 18 heavy (non-hydrogen) atoms. The average Bonchev–Trinajstić information content (AvgIpc) is 2.29. The largest absolute Gasteiger partial charge is 0.481 e. The molecule has 1 aromatic carbocycles. The van der Waals surface area contributed by atoms with Gasteiger partial charge in [0.05, 0.1) is 10.7 Å². The molecule has 0 atom stereocenters. The summed E-state index contributed by atoms with van der Waals surface area (Å²) in [5.41, 5.74) is 6.19. The molecule has 0 saturated heterocycles. The van der Waals surface area contributed by atoms with Gasteiger partial charge in [-0.15, -0.1) is 0 Å². The quantitative estimate of drug-likeness (QED) is 0.662. The van der Waals surface area contributed by atoms with Crippen molar-refractivity contribution in [3.63, 3.8) is 0 Å². The third-order valence-electron chi connectivity index (χ3n) is 2.39. The van der Waals surface area contributed by atoms with E-state index in [1.54, 1.807) is 12.1 Å². The van der Waals surface area contributed by atoms with Crippen molar-refractivity contribution in [1.82, 2.24) is 0 Å². The monoisotopic (exact) mass is 270 g/mol. The molecule has 0 unspecified atom stereocenters. The zero-order valence-corrected chi connectivity index (χ0v) is 10.5. The van der Waals surface area contributed by atoms with Gasteiger partial charge in [0.25, 0.3) is 0 Å². The maximum Gasteiger partial charge on any atom is 0.303 e.